The van der Waals surface area contributed by atoms with Gasteiger partial charge in [0.25, 0.3) is 5.91 Å². The van der Waals surface area contributed by atoms with Gasteiger partial charge >= 0.3 is 5.69 Å². The van der Waals surface area contributed by atoms with Crippen molar-refractivity contribution >= 4 is 16.9 Å². The van der Waals surface area contributed by atoms with E-state index in [1.54, 1.807) is 10.6 Å². The van der Waals surface area contributed by atoms with Crippen LogP contribution in [0.15, 0.2) is 23.0 Å². The van der Waals surface area contributed by atoms with Gasteiger partial charge in [0.05, 0.1) is 24.2 Å². The number of rotatable bonds is 7. The number of carbonyl (C=O) groups excluding carboxylic acids is 1. The fourth-order valence-electron chi connectivity index (χ4n) is 3.49. The highest BCUT2D eigenvalue weighted by atomic mass is 16.5. The van der Waals surface area contributed by atoms with E-state index in [2.05, 4.69) is 16.8 Å². The van der Waals surface area contributed by atoms with Crippen molar-refractivity contribution in [2.24, 2.45) is 0 Å². The fraction of sp³-hybridized carbons (Fsp3) is 0.579. The van der Waals surface area contributed by atoms with Crippen LogP contribution in [-0.4, -0.2) is 71.2 Å². The van der Waals surface area contributed by atoms with Crippen LogP contribution >= 0.6 is 0 Å². The van der Waals surface area contributed by atoms with Crippen molar-refractivity contribution < 1.29 is 9.53 Å². The van der Waals surface area contributed by atoms with Gasteiger partial charge in [-0.25, -0.2) is 4.79 Å². The summed E-state index contributed by atoms with van der Waals surface area (Å²) >= 11 is 0. The van der Waals surface area contributed by atoms with Gasteiger partial charge in [-0.1, -0.05) is 6.92 Å². The van der Waals surface area contributed by atoms with Crippen LogP contribution in [0.2, 0.25) is 0 Å². The lowest BCUT2D eigenvalue weighted by Crippen LogP contribution is -2.48. The monoisotopic (exact) mass is 360 g/mol. The number of fused-ring (bicyclic) bond motifs is 1. The topological polar surface area (TPSA) is 70.6 Å². The molecule has 0 unspecified atom stereocenters. The SMILES string of the molecule is CCCN1CCN(C(=O)c2ccc3c(c2)[nH]c(=O)n3CCOCC)CC1. The van der Waals surface area contributed by atoms with E-state index in [9.17, 15) is 9.59 Å². The Morgan fingerprint density at radius 3 is 2.62 bits per heavy atom. The molecular formula is C19H28N4O3. The molecule has 142 valence electrons. The molecule has 3 rings (SSSR count). The van der Waals surface area contributed by atoms with Crippen LogP contribution in [-0.2, 0) is 11.3 Å². The van der Waals surface area contributed by atoms with E-state index in [1.165, 1.54) is 0 Å². The molecule has 1 fully saturated rings. The van der Waals surface area contributed by atoms with Crippen molar-refractivity contribution in [1.29, 1.82) is 0 Å². The Kier molecular flexibility index (Phi) is 6.11. The Bertz CT molecular complexity index is 803. The molecule has 1 aliphatic heterocycles. The van der Waals surface area contributed by atoms with Crippen LogP contribution in [0.4, 0.5) is 0 Å². The minimum absolute atomic E-state index is 0.0333. The van der Waals surface area contributed by atoms with E-state index in [4.69, 9.17) is 4.74 Å². The molecule has 0 atom stereocenters. The maximum Gasteiger partial charge on any atom is 0.326 e. The standard InChI is InChI=1S/C19H28N4O3/c1-3-7-21-8-10-22(11-9-21)18(24)15-5-6-17-16(14-15)20-19(25)23(17)12-13-26-4-2/h5-6,14H,3-4,7-13H2,1-2H3,(H,20,25). The third-order valence-electron chi connectivity index (χ3n) is 4.88. The average Bonchev–Trinajstić information content (AvgIpc) is 2.97. The molecule has 0 radical (unpaired) electrons. The number of hydrogen-bond acceptors (Lipinski definition) is 4. The largest absolute Gasteiger partial charge is 0.380 e. The van der Waals surface area contributed by atoms with Crippen LogP contribution in [0, 0.1) is 0 Å². The van der Waals surface area contributed by atoms with Crippen LogP contribution in [0.5, 0.6) is 0 Å². The van der Waals surface area contributed by atoms with E-state index in [0.717, 1.165) is 44.7 Å². The molecule has 7 heteroatoms. The molecule has 0 spiro atoms. The first-order valence-electron chi connectivity index (χ1n) is 9.46. The van der Waals surface area contributed by atoms with Crippen molar-refractivity contribution in [3.05, 3.63) is 34.2 Å². The molecular weight excluding hydrogens is 332 g/mol. The van der Waals surface area contributed by atoms with Crippen LogP contribution in [0.3, 0.4) is 0 Å². The van der Waals surface area contributed by atoms with Crippen molar-refractivity contribution in [3.63, 3.8) is 0 Å². The summed E-state index contributed by atoms with van der Waals surface area (Å²) in [4.78, 5) is 32.1. The first kappa shape index (κ1) is 18.7. The second kappa shape index (κ2) is 8.51. The Hall–Kier alpha value is -2.12. The lowest BCUT2D eigenvalue weighted by atomic mass is 10.1. The van der Waals surface area contributed by atoms with Gasteiger partial charge in [0.15, 0.2) is 0 Å². The summed E-state index contributed by atoms with van der Waals surface area (Å²) in [5.74, 6) is 0.0333. The molecule has 0 bridgehead atoms. The third kappa shape index (κ3) is 3.99. The number of carbonyl (C=O) groups is 1. The quantitative estimate of drug-likeness (QED) is 0.761. The fourth-order valence-corrected chi connectivity index (χ4v) is 3.49. The molecule has 2 aromatic rings. The Balaban J connectivity index is 1.73. The summed E-state index contributed by atoms with van der Waals surface area (Å²) < 4.78 is 7.00. The number of aromatic nitrogens is 2. The summed E-state index contributed by atoms with van der Waals surface area (Å²) in [5.41, 5.74) is 1.96. The van der Waals surface area contributed by atoms with E-state index in [1.807, 2.05) is 24.0 Å². The van der Waals surface area contributed by atoms with Crippen LogP contribution in [0.1, 0.15) is 30.6 Å². The molecule has 1 aromatic heterocycles. The van der Waals surface area contributed by atoms with Crippen LogP contribution < -0.4 is 5.69 Å². The smallest absolute Gasteiger partial charge is 0.326 e. The Labute approximate surface area is 153 Å². The normalized spacial score (nSPS) is 15.7. The molecule has 1 N–H and O–H groups in total. The number of H-pyrrole nitrogens is 1. The second-order valence-electron chi connectivity index (χ2n) is 6.64. The average molecular weight is 360 g/mol. The molecule has 1 aromatic carbocycles. The van der Waals surface area contributed by atoms with E-state index < -0.39 is 0 Å². The van der Waals surface area contributed by atoms with Crippen molar-refractivity contribution in [1.82, 2.24) is 19.4 Å². The second-order valence-corrected chi connectivity index (χ2v) is 6.64. The van der Waals surface area contributed by atoms with Gasteiger partial charge in [-0.15, -0.1) is 0 Å². The summed E-state index contributed by atoms with van der Waals surface area (Å²) in [7, 11) is 0. The van der Waals surface area contributed by atoms with Crippen molar-refractivity contribution in [2.45, 2.75) is 26.8 Å². The summed E-state index contributed by atoms with van der Waals surface area (Å²) in [6, 6.07) is 5.45. The van der Waals surface area contributed by atoms with E-state index >= 15 is 0 Å². The number of aromatic amines is 1. The highest BCUT2D eigenvalue weighted by Gasteiger charge is 2.22. The maximum atomic E-state index is 12.8. The highest BCUT2D eigenvalue weighted by molar-refractivity contribution is 5.97. The maximum absolute atomic E-state index is 12.8. The molecule has 26 heavy (non-hydrogen) atoms. The molecule has 0 saturated carbocycles. The molecule has 0 aliphatic carbocycles. The molecule has 2 heterocycles. The molecule has 7 nitrogen and oxygen atoms in total. The first-order chi connectivity index (χ1) is 12.6. The number of hydrogen-bond donors (Lipinski definition) is 1. The number of nitrogens with zero attached hydrogens (tertiary/aromatic N) is 3. The van der Waals surface area contributed by atoms with Gasteiger partial charge in [0.1, 0.15) is 0 Å². The van der Waals surface area contributed by atoms with Gasteiger partial charge in [0.2, 0.25) is 0 Å². The number of amides is 1. The molecule has 1 amide bonds. The van der Waals surface area contributed by atoms with E-state index in [-0.39, 0.29) is 11.6 Å². The van der Waals surface area contributed by atoms with Gasteiger partial charge in [-0.2, -0.15) is 0 Å². The lowest BCUT2D eigenvalue weighted by molar-refractivity contribution is 0.0637. The number of piperazine rings is 1. The molecule has 1 saturated heterocycles. The minimum atomic E-state index is -0.169. The third-order valence-corrected chi connectivity index (χ3v) is 4.88. The Morgan fingerprint density at radius 1 is 1.15 bits per heavy atom. The number of benzene rings is 1. The summed E-state index contributed by atoms with van der Waals surface area (Å²) in [5, 5.41) is 0. The zero-order chi connectivity index (χ0) is 18.5. The predicted octanol–water partition coefficient (Wildman–Crippen LogP) is 1.53. The van der Waals surface area contributed by atoms with Crippen molar-refractivity contribution in [3.8, 4) is 0 Å². The first-order valence-corrected chi connectivity index (χ1v) is 9.46. The van der Waals surface area contributed by atoms with Crippen LogP contribution in [0.25, 0.3) is 11.0 Å². The predicted molar refractivity (Wildman–Crippen MR) is 102 cm³/mol. The van der Waals surface area contributed by atoms with Gasteiger partial charge in [0, 0.05) is 38.3 Å². The zero-order valence-corrected chi connectivity index (χ0v) is 15.7. The lowest BCUT2D eigenvalue weighted by Gasteiger charge is -2.34. The van der Waals surface area contributed by atoms with Gasteiger partial charge in [-0.3, -0.25) is 14.3 Å². The number of ether oxygens (including phenoxy) is 1. The molecule has 1 aliphatic rings. The minimum Gasteiger partial charge on any atom is -0.380 e. The number of imidazole rings is 1. The summed E-state index contributed by atoms with van der Waals surface area (Å²) in [6.45, 7) is 10.2. The van der Waals surface area contributed by atoms with E-state index in [0.29, 0.717) is 30.8 Å². The zero-order valence-electron chi connectivity index (χ0n) is 15.7. The summed E-state index contributed by atoms with van der Waals surface area (Å²) in [6.07, 6.45) is 1.14. The van der Waals surface area contributed by atoms with Crippen molar-refractivity contribution in [2.75, 3.05) is 45.9 Å². The van der Waals surface area contributed by atoms with Gasteiger partial charge in [-0.05, 0) is 38.1 Å². The van der Waals surface area contributed by atoms with Gasteiger partial charge < -0.3 is 14.6 Å². The number of nitrogens with one attached hydrogen (secondary N) is 1. The Morgan fingerprint density at radius 2 is 1.92 bits per heavy atom. The highest BCUT2D eigenvalue weighted by Crippen LogP contribution is 2.16.